The van der Waals surface area contributed by atoms with Gasteiger partial charge in [0.05, 0.1) is 17.1 Å². The van der Waals surface area contributed by atoms with E-state index in [2.05, 4.69) is 15.4 Å². The second-order valence-electron chi connectivity index (χ2n) is 5.18. The number of benzene rings is 2. The molecule has 1 unspecified atom stereocenters. The molecule has 2 aromatic carbocycles. The second-order valence-corrected chi connectivity index (χ2v) is 6.43. The molecule has 0 amide bonds. The smallest absolute Gasteiger partial charge is 0.167 e. The Morgan fingerprint density at radius 3 is 2.26 bits per heavy atom. The van der Waals surface area contributed by atoms with Crippen LogP contribution in [0, 0.1) is 0 Å². The average molecular weight is 368 g/mol. The van der Waals surface area contributed by atoms with Crippen LogP contribution in [0.25, 0.3) is 0 Å². The van der Waals surface area contributed by atoms with E-state index in [-0.39, 0.29) is 5.92 Å². The molecule has 1 aromatic heterocycles. The third-order valence-electron chi connectivity index (χ3n) is 3.55. The number of aromatic nitrogens is 4. The van der Waals surface area contributed by atoms with Crippen molar-refractivity contribution >= 4 is 34.8 Å². The zero-order chi connectivity index (χ0) is 16.4. The molecule has 23 heavy (non-hydrogen) atoms. The predicted molar refractivity (Wildman–Crippen MR) is 92.3 cm³/mol. The molecule has 1 atom stereocenters. The van der Waals surface area contributed by atoms with E-state index in [0.29, 0.717) is 27.3 Å². The van der Waals surface area contributed by atoms with Gasteiger partial charge in [0.1, 0.15) is 0 Å². The monoisotopic (exact) mass is 366 g/mol. The van der Waals surface area contributed by atoms with Crippen molar-refractivity contribution in [1.29, 1.82) is 0 Å². The SMILES string of the molecule is Cn1nnc(CC(c2ccc(Cl)cc2)c2ccc(Cl)c(Cl)c2)n1. The number of rotatable bonds is 4. The summed E-state index contributed by atoms with van der Waals surface area (Å²) in [4.78, 5) is 1.45. The van der Waals surface area contributed by atoms with Gasteiger partial charge in [-0.25, -0.2) is 0 Å². The summed E-state index contributed by atoms with van der Waals surface area (Å²) in [6.07, 6.45) is 0.605. The molecule has 0 aliphatic rings. The maximum atomic E-state index is 6.18. The normalized spacial score (nSPS) is 12.3. The first-order valence-corrected chi connectivity index (χ1v) is 8.09. The Morgan fingerprint density at radius 1 is 0.957 bits per heavy atom. The van der Waals surface area contributed by atoms with Crippen LogP contribution in [0.1, 0.15) is 22.9 Å². The van der Waals surface area contributed by atoms with E-state index in [9.17, 15) is 0 Å². The Labute approximate surface area is 149 Å². The molecule has 118 valence electrons. The molecule has 0 N–H and O–H groups in total. The number of hydrogen-bond donors (Lipinski definition) is 0. The highest BCUT2D eigenvalue weighted by Gasteiger charge is 2.18. The summed E-state index contributed by atoms with van der Waals surface area (Å²) in [6.45, 7) is 0. The number of hydrogen-bond acceptors (Lipinski definition) is 3. The molecule has 3 aromatic rings. The summed E-state index contributed by atoms with van der Waals surface area (Å²) in [5.41, 5.74) is 2.13. The summed E-state index contributed by atoms with van der Waals surface area (Å²) < 4.78 is 0. The highest BCUT2D eigenvalue weighted by atomic mass is 35.5. The highest BCUT2D eigenvalue weighted by Crippen LogP contribution is 2.32. The molecule has 0 radical (unpaired) electrons. The number of halogens is 3. The van der Waals surface area contributed by atoms with Crippen molar-refractivity contribution in [2.45, 2.75) is 12.3 Å². The van der Waals surface area contributed by atoms with Gasteiger partial charge in [-0.2, -0.15) is 4.80 Å². The van der Waals surface area contributed by atoms with Gasteiger partial charge in [-0.15, -0.1) is 10.2 Å². The van der Waals surface area contributed by atoms with E-state index in [1.54, 1.807) is 13.1 Å². The van der Waals surface area contributed by atoms with E-state index in [0.717, 1.165) is 11.1 Å². The maximum Gasteiger partial charge on any atom is 0.175 e. The van der Waals surface area contributed by atoms with Crippen molar-refractivity contribution in [1.82, 2.24) is 20.2 Å². The van der Waals surface area contributed by atoms with Gasteiger partial charge in [-0.3, -0.25) is 0 Å². The maximum absolute atomic E-state index is 6.18. The van der Waals surface area contributed by atoms with Gasteiger partial charge in [0, 0.05) is 17.4 Å². The van der Waals surface area contributed by atoms with Crippen molar-refractivity contribution in [2.75, 3.05) is 0 Å². The lowest BCUT2D eigenvalue weighted by Gasteiger charge is -2.17. The molecule has 0 fully saturated rings. The molecular weight excluding hydrogens is 355 g/mol. The summed E-state index contributed by atoms with van der Waals surface area (Å²) in [7, 11) is 1.74. The van der Waals surface area contributed by atoms with Crippen LogP contribution >= 0.6 is 34.8 Å². The molecule has 0 spiro atoms. The van der Waals surface area contributed by atoms with Crippen LogP contribution < -0.4 is 0 Å². The molecule has 1 heterocycles. The fraction of sp³-hybridized carbons (Fsp3) is 0.188. The van der Waals surface area contributed by atoms with Gasteiger partial charge in [0.15, 0.2) is 5.82 Å². The Bertz CT molecular complexity index is 814. The summed E-state index contributed by atoms with van der Waals surface area (Å²) >= 11 is 18.2. The van der Waals surface area contributed by atoms with Crippen LogP contribution in [0.5, 0.6) is 0 Å². The summed E-state index contributed by atoms with van der Waals surface area (Å²) in [5, 5.41) is 14.0. The number of aryl methyl sites for hydroxylation is 1. The number of nitrogens with zero attached hydrogens (tertiary/aromatic N) is 4. The first-order chi connectivity index (χ1) is 11.0. The van der Waals surface area contributed by atoms with Gasteiger partial charge < -0.3 is 0 Å². The highest BCUT2D eigenvalue weighted by molar-refractivity contribution is 6.42. The van der Waals surface area contributed by atoms with E-state index in [1.807, 2.05) is 36.4 Å². The lowest BCUT2D eigenvalue weighted by atomic mass is 9.88. The summed E-state index contributed by atoms with van der Waals surface area (Å²) in [5.74, 6) is 0.699. The van der Waals surface area contributed by atoms with Gasteiger partial charge in [-0.05, 0) is 40.6 Å². The first-order valence-electron chi connectivity index (χ1n) is 6.96. The van der Waals surface area contributed by atoms with Crippen molar-refractivity contribution < 1.29 is 0 Å². The van der Waals surface area contributed by atoms with E-state index < -0.39 is 0 Å². The van der Waals surface area contributed by atoms with Crippen LogP contribution in [0.2, 0.25) is 15.1 Å². The molecule has 0 bridgehead atoms. The van der Waals surface area contributed by atoms with Gasteiger partial charge in [-0.1, -0.05) is 53.0 Å². The molecule has 0 aliphatic carbocycles. The third-order valence-corrected chi connectivity index (χ3v) is 4.55. The van der Waals surface area contributed by atoms with Crippen LogP contribution in [0.3, 0.4) is 0 Å². The quantitative estimate of drug-likeness (QED) is 0.679. The minimum absolute atomic E-state index is 0.0335. The molecule has 7 heteroatoms. The molecule has 0 aliphatic heterocycles. The van der Waals surface area contributed by atoms with Crippen LogP contribution in [0.4, 0.5) is 0 Å². The second kappa shape index (κ2) is 6.87. The average Bonchev–Trinajstić information content (AvgIpc) is 2.94. The van der Waals surface area contributed by atoms with Crippen LogP contribution in [-0.2, 0) is 13.5 Å². The first kappa shape index (κ1) is 16.2. The van der Waals surface area contributed by atoms with Gasteiger partial charge >= 0.3 is 0 Å². The Balaban J connectivity index is 2.01. The van der Waals surface area contributed by atoms with E-state index in [4.69, 9.17) is 34.8 Å². The fourth-order valence-corrected chi connectivity index (χ4v) is 2.87. The summed E-state index contributed by atoms with van der Waals surface area (Å²) in [6, 6.07) is 13.4. The van der Waals surface area contributed by atoms with Gasteiger partial charge in [0.25, 0.3) is 0 Å². The molecule has 4 nitrogen and oxygen atoms in total. The molecule has 0 saturated heterocycles. The van der Waals surface area contributed by atoms with Crippen LogP contribution in [0.15, 0.2) is 42.5 Å². The van der Waals surface area contributed by atoms with E-state index >= 15 is 0 Å². The zero-order valence-corrected chi connectivity index (χ0v) is 14.5. The number of tetrazole rings is 1. The minimum atomic E-state index is 0.0335. The minimum Gasteiger partial charge on any atom is -0.167 e. The van der Waals surface area contributed by atoms with Gasteiger partial charge in [0.2, 0.25) is 0 Å². The molecular formula is C16H13Cl3N4. The topological polar surface area (TPSA) is 43.6 Å². The van der Waals surface area contributed by atoms with E-state index in [1.165, 1.54) is 4.80 Å². The largest absolute Gasteiger partial charge is 0.175 e. The lowest BCUT2D eigenvalue weighted by molar-refractivity contribution is 0.625. The molecule has 3 rings (SSSR count). The fourth-order valence-electron chi connectivity index (χ4n) is 2.44. The third kappa shape index (κ3) is 3.83. The van der Waals surface area contributed by atoms with Crippen molar-refractivity contribution in [3.8, 4) is 0 Å². The lowest BCUT2D eigenvalue weighted by Crippen LogP contribution is -2.07. The Hall–Kier alpha value is -1.62. The zero-order valence-electron chi connectivity index (χ0n) is 12.2. The standard InChI is InChI=1S/C16H13Cl3N4/c1-23-21-16(20-22-23)9-13(10-2-5-12(17)6-3-10)11-4-7-14(18)15(19)8-11/h2-8,13H,9H2,1H3. The van der Waals surface area contributed by atoms with Crippen molar-refractivity contribution in [2.24, 2.45) is 7.05 Å². The van der Waals surface area contributed by atoms with Crippen LogP contribution in [-0.4, -0.2) is 20.2 Å². The van der Waals surface area contributed by atoms with Crippen molar-refractivity contribution in [3.63, 3.8) is 0 Å². The Kier molecular flexibility index (Phi) is 4.85. The van der Waals surface area contributed by atoms with Crippen molar-refractivity contribution in [3.05, 3.63) is 74.5 Å². The predicted octanol–water partition coefficient (Wildman–Crippen LogP) is 4.54. The molecule has 0 saturated carbocycles. The Morgan fingerprint density at radius 2 is 1.65 bits per heavy atom.